The summed E-state index contributed by atoms with van der Waals surface area (Å²) in [5, 5.41) is 5.09. The zero-order chi connectivity index (χ0) is 20.3. The number of nitrogens with one attached hydrogen (secondary N) is 2. The second kappa shape index (κ2) is 7.92. The van der Waals surface area contributed by atoms with Crippen molar-refractivity contribution in [2.45, 2.75) is 31.5 Å². The third-order valence-electron chi connectivity index (χ3n) is 4.70. The number of fused-ring (bicyclic) bond motifs is 1. The molecule has 0 spiro atoms. The van der Waals surface area contributed by atoms with Crippen LogP contribution in [-0.4, -0.2) is 18.4 Å². The molecular weight excluding hydrogens is 371 g/mol. The third kappa shape index (κ3) is 4.44. The van der Waals surface area contributed by atoms with Gasteiger partial charge in [0.2, 0.25) is 5.91 Å². The van der Waals surface area contributed by atoms with Crippen LogP contribution in [-0.2, 0) is 17.4 Å². The fourth-order valence-corrected chi connectivity index (χ4v) is 3.41. The Kier molecular flexibility index (Phi) is 5.58. The molecular formula is C20H20F3N3O2. The van der Waals surface area contributed by atoms with E-state index in [0.717, 1.165) is 42.5 Å². The summed E-state index contributed by atoms with van der Waals surface area (Å²) in [6, 6.07) is 9.76. The Morgan fingerprint density at radius 3 is 2.64 bits per heavy atom. The maximum Gasteiger partial charge on any atom is 0.417 e. The Balaban J connectivity index is 1.63. The van der Waals surface area contributed by atoms with E-state index in [4.69, 9.17) is 5.73 Å². The first-order valence-electron chi connectivity index (χ1n) is 8.88. The van der Waals surface area contributed by atoms with Crippen LogP contribution >= 0.6 is 0 Å². The van der Waals surface area contributed by atoms with Gasteiger partial charge in [0.25, 0.3) is 5.91 Å². The van der Waals surface area contributed by atoms with Crippen LogP contribution in [0.25, 0.3) is 0 Å². The van der Waals surface area contributed by atoms with E-state index >= 15 is 0 Å². The molecule has 1 atom stereocenters. The largest absolute Gasteiger partial charge is 0.417 e. The van der Waals surface area contributed by atoms with Crippen LogP contribution in [0.15, 0.2) is 42.5 Å². The number of nitrogens with two attached hydrogens (primary N) is 1. The first-order chi connectivity index (χ1) is 13.3. The number of carbonyl (C=O) groups excluding carboxylic acids is 2. The van der Waals surface area contributed by atoms with Gasteiger partial charge in [-0.3, -0.25) is 9.59 Å². The third-order valence-corrected chi connectivity index (χ3v) is 4.70. The molecule has 1 aliphatic rings. The van der Waals surface area contributed by atoms with Gasteiger partial charge in [-0.1, -0.05) is 18.2 Å². The quantitative estimate of drug-likeness (QED) is 0.700. The van der Waals surface area contributed by atoms with E-state index < -0.39 is 35.7 Å². The second-order valence-corrected chi connectivity index (χ2v) is 6.70. The minimum absolute atomic E-state index is 0.212. The second-order valence-electron chi connectivity index (χ2n) is 6.70. The minimum Gasteiger partial charge on any atom is -0.399 e. The van der Waals surface area contributed by atoms with Crippen LogP contribution in [0.5, 0.6) is 0 Å². The number of aryl methyl sites for hydroxylation is 1. The highest BCUT2D eigenvalue weighted by Crippen LogP contribution is 2.32. The lowest BCUT2D eigenvalue weighted by atomic mass is 9.87. The van der Waals surface area contributed by atoms with Gasteiger partial charge in [-0.2, -0.15) is 13.2 Å². The molecule has 2 aromatic rings. The Bertz CT molecular complexity index is 897. The van der Waals surface area contributed by atoms with E-state index in [1.807, 2.05) is 12.1 Å². The van der Waals surface area contributed by atoms with E-state index in [-0.39, 0.29) is 6.04 Å². The van der Waals surface area contributed by atoms with Crippen LogP contribution in [0.4, 0.5) is 18.9 Å². The zero-order valence-electron chi connectivity index (χ0n) is 15.0. The lowest BCUT2D eigenvalue weighted by molar-refractivity contribution is -0.137. The molecule has 1 aliphatic carbocycles. The molecule has 8 heteroatoms. The number of hydrogen-bond donors (Lipinski definition) is 3. The summed E-state index contributed by atoms with van der Waals surface area (Å²) < 4.78 is 39.1. The van der Waals surface area contributed by atoms with Crippen LogP contribution in [0.3, 0.4) is 0 Å². The molecule has 0 fully saturated rings. The summed E-state index contributed by atoms with van der Waals surface area (Å²) in [5.41, 5.74) is 6.94. The summed E-state index contributed by atoms with van der Waals surface area (Å²) in [5.74, 6) is -1.41. The lowest BCUT2D eigenvalue weighted by Gasteiger charge is -2.26. The molecule has 4 N–H and O–H groups in total. The van der Waals surface area contributed by atoms with Gasteiger partial charge >= 0.3 is 6.18 Å². The van der Waals surface area contributed by atoms with Crippen molar-refractivity contribution in [1.29, 1.82) is 0 Å². The molecule has 0 saturated carbocycles. The molecule has 0 radical (unpaired) electrons. The van der Waals surface area contributed by atoms with Crippen molar-refractivity contribution >= 4 is 17.5 Å². The summed E-state index contributed by atoms with van der Waals surface area (Å²) in [7, 11) is 0. The van der Waals surface area contributed by atoms with E-state index in [1.165, 1.54) is 12.1 Å². The maximum atomic E-state index is 13.0. The first kappa shape index (κ1) is 19.7. The molecule has 148 valence electrons. The summed E-state index contributed by atoms with van der Waals surface area (Å²) in [4.78, 5) is 24.4. The van der Waals surface area contributed by atoms with Crippen molar-refractivity contribution in [2.24, 2.45) is 0 Å². The van der Waals surface area contributed by atoms with Crippen molar-refractivity contribution < 1.29 is 22.8 Å². The molecule has 3 rings (SSSR count). The smallest absolute Gasteiger partial charge is 0.399 e. The average molecular weight is 391 g/mol. The number of benzene rings is 2. The Hall–Kier alpha value is -3.03. The summed E-state index contributed by atoms with van der Waals surface area (Å²) in [6.07, 6.45) is -2.15. The van der Waals surface area contributed by atoms with Gasteiger partial charge in [0, 0.05) is 5.69 Å². The molecule has 2 amide bonds. The highest BCUT2D eigenvalue weighted by Gasteiger charge is 2.34. The summed E-state index contributed by atoms with van der Waals surface area (Å²) >= 11 is 0. The minimum atomic E-state index is -4.65. The Labute approximate surface area is 160 Å². The van der Waals surface area contributed by atoms with E-state index in [0.29, 0.717) is 5.69 Å². The van der Waals surface area contributed by atoms with Crippen LogP contribution in [0.2, 0.25) is 0 Å². The van der Waals surface area contributed by atoms with Crippen molar-refractivity contribution in [3.8, 4) is 0 Å². The molecule has 0 aliphatic heterocycles. The molecule has 0 heterocycles. The standard InChI is InChI=1S/C20H20F3N3O2/c21-20(22,23)16-6-2-1-5-15(16)19(28)25-11-18(27)26-17-7-3-4-12-10-13(24)8-9-14(12)17/h1-2,5-6,8-10,17H,3-4,7,11,24H2,(H,25,28)(H,26,27). The SMILES string of the molecule is Nc1ccc2c(c1)CCCC2NC(=O)CNC(=O)c1ccccc1C(F)(F)F. The number of anilines is 1. The van der Waals surface area contributed by atoms with Gasteiger partial charge in [0.05, 0.1) is 23.7 Å². The van der Waals surface area contributed by atoms with Gasteiger partial charge in [-0.15, -0.1) is 0 Å². The highest BCUT2D eigenvalue weighted by molar-refractivity contribution is 5.97. The molecule has 5 nitrogen and oxygen atoms in total. The number of hydrogen-bond acceptors (Lipinski definition) is 3. The molecule has 28 heavy (non-hydrogen) atoms. The number of halogens is 3. The molecule has 2 aromatic carbocycles. The molecule has 0 aromatic heterocycles. The fraction of sp³-hybridized carbons (Fsp3) is 0.300. The number of amides is 2. The molecule has 1 unspecified atom stereocenters. The van der Waals surface area contributed by atoms with E-state index in [2.05, 4.69) is 10.6 Å². The van der Waals surface area contributed by atoms with Gasteiger partial charge in [-0.05, 0) is 54.7 Å². The monoisotopic (exact) mass is 391 g/mol. The lowest BCUT2D eigenvalue weighted by Crippen LogP contribution is -2.40. The average Bonchev–Trinajstić information content (AvgIpc) is 2.65. The van der Waals surface area contributed by atoms with E-state index in [9.17, 15) is 22.8 Å². The topological polar surface area (TPSA) is 84.2 Å². The van der Waals surface area contributed by atoms with Crippen molar-refractivity contribution in [3.05, 3.63) is 64.7 Å². The van der Waals surface area contributed by atoms with Gasteiger partial charge in [0.1, 0.15) is 0 Å². The molecule has 0 saturated heterocycles. The fourth-order valence-electron chi connectivity index (χ4n) is 3.41. The van der Waals surface area contributed by atoms with E-state index in [1.54, 1.807) is 6.07 Å². The number of nitrogen functional groups attached to an aromatic ring is 1. The number of alkyl halides is 3. The van der Waals surface area contributed by atoms with Crippen molar-refractivity contribution in [1.82, 2.24) is 10.6 Å². The molecule has 0 bridgehead atoms. The van der Waals surface area contributed by atoms with Crippen LogP contribution in [0.1, 0.15) is 45.9 Å². The Morgan fingerprint density at radius 1 is 1.14 bits per heavy atom. The van der Waals surface area contributed by atoms with Gasteiger partial charge in [0.15, 0.2) is 0 Å². The van der Waals surface area contributed by atoms with Gasteiger partial charge in [-0.25, -0.2) is 0 Å². The maximum absolute atomic E-state index is 13.0. The zero-order valence-corrected chi connectivity index (χ0v) is 15.0. The van der Waals surface area contributed by atoms with Crippen molar-refractivity contribution in [3.63, 3.8) is 0 Å². The van der Waals surface area contributed by atoms with Crippen LogP contribution in [0, 0.1) is 0 Å². The first-order valence-corrected chi connectivity index (χ1v) is 8.88. The Morgan fingerprint density at radius 2 is 1.89 bits per heavy atom. The predicted molar refractivity (Wildman–Crippen MR) is 98.5 cm³/mol. The number of carbonyl (C=O) groups is 2. The van der Waals surface area contributed by atoms with Crippen molar-refractivity contribution in [2.75, 3.05) is 12.3 Å². The predicted octanol–water partition coefficient (Wildman–Crippen LogP) is 3.21. The summed E-state index contributed by atoms with van der Waals surface area (Å²) in [6.45, 7) is -0.411. The van der Waals surface area contributed by atoms with Crippen LogP contribution < -0.4 is 16.4 Å². The normalized spacial score (nSPS) is 16.2. The van der Waals surface area contributed by atoms with Gasteiger partial charge < -0.3 is 16.4 Å². The highest BCUT2D eigenvalue weighted by atomic mass is 19.4. The number of rotatable bonds is 4.